The molecule has 2 rings (SSSR count). The molecule has 0 bridgehead atoms. The van der Waals surface area contributed by atoms with Crippen molar-refractivity contribution in [2.24, 2.45) is 0 Å². The van der Waals surface area contributed by atoms with Crippen LogP contribution in [0.25, 0.3) is 0 Å². The quantitative estimate of drug-likeness (QED) is 0.856. The maximum absolute atomic E-state index is 12.5. The topological polar surface area (TPSA) is 60.9 Å². The van der Waals surface area contributed by atoms with Gasteiger partial charge in [0.25, 0.3) is 0 Å². The molecule has 5 nitrogen and oxygen atoms in total. The van der Waals surface area contributed by atoms with Gasteiger partial charge in [0.05, 0.1) is 6.54 Å². The maximum Gasteiger partial charge on any atom is 0.320 e. The van der Waals surface area contributed by atoms with Crippen LogP contribution < -0.4 is 0 Å². The van der Waals surface area contributed by atoms with Crippen molar-refractivity contribution in [3.8, 4) is 0 Å². The number of piperidine rings is 2. The fourth-order valence-electron chi connectivity index (χ4n) is 3.63. The summed E-state index contributed by atoms with van der Waals surface area (Å²) in [5.74, 6) is -0.699. The van der Waals surface area contributed by atoms with Gasteiger partial charge in [0.2, 0.25) is 5.91 Å². The van der Waals surface area contributed by atoms with Crippen LogP contribution in [0, 0.1) is 0 Å². The number of carboxylic acid groups (broad SMARTS) is 1. The molecule has 3 unspecified atom stereocenters. The number of amides is 1. The van der Waals surface area contributed by atoms with E-state index < -0.39 is 12.0 Å². The summed E-state index contributed by atoms with van der Waals surface area (Å²) in [5.41, 5.74) is 0. The first kappa shape index (κ1) is 15.3. The van der Waals surface area contributed by atoms with Crippen LogP contribution in [0.4, 0.5) is 0 Å². The number of nitrogens with zero attached hydrogens (tertiary/aromatic N) is 2. The molecule has 20 heavy (non-hydrogen) atoms. The molecule has 5 heteroatoms. The lowest BCUT2D eigenvalue weighted by molar-refractivity contribution is -0.147. The van der Waals surface area contributed by atoms with Gasteiger partial charge in [-0.2, -0.15) is 0 Å². The van der Waals surface area contributed by atoms with E-state index >= 15 is 0 Å². The molecule has 2 fully saturated rings. The Balaban J connectivity index is 2.00. The van der Waals surface area contributed by atoms with Gasteiger partial charge >= 0.3 is 5.97 Å². The van der Waals surface area contributed by atoms with E-state index in [1.807, 2.05) is 9.80 Å². The van der Waals surface area contributed by atoms with Gasteiger partial charge in [-0.05, 0) is 52.5 Å². The van der Waals surface area contributed by atoms with Crippen molar-refractivity contribution in [3.63, 3.8) is 0 Å². The molecular weight excluding hydrogens is 256 g/mol. The number of likely N-dealkylation sites (tertiary alicyclic amines) is 2. The SMILES string of the molecule is CC1CCCC(C)N1C(=O)CN1CCCCC1C(=O)O. The average Bonchev–Trinajstić information content (AvgIpc) is 2.38. The maximum atomic E-state index is 12.5. The molecule has 3 atom stereocenters. The Hall–Kier alpha value is -1.10. The summed E-state index contributed by atoms with van der Waals surface area (Å²) in [4.78, 5) is 27.6. The number of aliphatic carboxylic acids is 1. The molecule has 0 aromatic carbocycles. The number of carbonyl (C=O) groups excluding carboxylic acids is 1. The van der Waals surface area contributed by atoms with Gasteiger partial charge in [0, 0.05) is 12.1 Å². The van der Waals surface area contributed by atoms with E-state index in [4.69, 9.17) is 0 Å². The number of hydrogen-bond acceptors (Lipinski definition) is 3. The molecule has 1 N–H and O–H groups in total. The van der Waals surface area contributed by atoms with Crippen LogP contribution in [0.2, 0.25) is 0 Å². The van der Waals surface area contributed by atoms with Crippen LogP contribution in [0.15, 0.2) is 0 Å². The predicted octanol–water partition coefficient (Wildman–Crippen LogP) is 1.72. The van der Waals surface area contributed by atoms with Crippen molar-refractivity contribution in [2.45, 2.75) is 70.5 Å². The van der Waals surface area contributed by atoms with Crippen LogP contribution in [-0.2, 0) is 9.59 Å². The normalized spacial score (nSPS) is 32.1. The van der Waals surface area contributed by atoms with Crippen LogP contribution in [0.5, 0.6) is 0 Å². The lowest BCUT2D eigenvalue weighted by Gasteiger charge is -2.41. The second kappa shape index (κ2) is 6.57. The largest absolute Gasteiger partial charge is 0.480 e. The lowest BCUT2D eigenvalue weighted by atomic mass is 9.97. The van der Waals surface area contributed by atoms with Gasteiger partial charge in [-0.25, -0.2) is 0 Å². The van der Waals surface area contributed by atoms with Gasteiger partial charge in [-0.1, -0.05) is 6.42 Å². The third-order valence-electron chi connectivity index (χ3n) is 4.72. The summed E-state index contributed by atoms with van der Waals surface area (Å²) in [5, 5.41) is 9.27. The Morgan fingerprint density at radius 3 is 2.30 bits per heavy atom. The molecule has 0 saturated carbocycles. The smallest absolute Gasteiger partial charge is 0.320 e. The van der Waals surface area contributed by atoms with Gasteiger partial charge < -0.3 is 10.0 Å². The fraction of sp³-hybridized carbons (Fsp3) is 0.867. The monoisotopic (exact) mass is 282 g/mol. The second-order valence-electron chi connectivity index (χ2n) is 6.25. The van der Waals surface area contributed by atoms with E-state index in [1.165, 1.54) is 6.42 Å². The Morgan fingerprint density at radius 1 is 1.05 bits per heavy atom. The van der Waals surface area contributed by atoms with Crippen molar-refractivity contribution in [3.05, 3.63) is 0 Å². The average molecular weight is 282 g/mol. The van der Waals surface area contributed by atoms with E-state index in [0.717, 1.165) is 32.2 Å². The van der Waals surface area contributed by atoms with Crippen LogP contribution in [0.3, 0.4) is 0 Å². The molecule has 1 amide bonds. The zero-order chi connectivity index (χ0) is 14.7. The van der Waals surface area contributed by atoms with E-state index in [-0.39, 0.29) is 24.5 Å². The highest BCUT2D eigenvalue weighted by Gasteiger charge is 2.34. The molecule has 2 aliphatic heterocycles. The van der Waals surface area contributed by atoms with Crippen LogP contribution >= 0.6 is 0 Å². The lowest BCUT2D eigenvalue weighted by Crippen LogP contribution is -2.54. The number of rotatable bonds is 3. The zero-order valence-electron chi connectivity index (χ0n) is 12.5. The number of carboxylic acids is 1. The van der Waals surface area contributed by atoms with Gasteiger partial charge in [-0.3, -0.25) is 14.5 Å². The molecule has 0 radical (unpaired) electrons. The Bertz CT molecular complexity index is 362. The molecule has 0 aromatic rings. The summed E-state index contributed by atoms with van der Waals surface area (Å²) in [6.07, 6.45) is 5.87. The first-order chi connectivity index (χ1) is 9.50. The standard InChI is InChI=1S/C15H26N2O3/c1-11-6-5-7-12(2)17(11)14(18)10-16-9-4-3-8-13(16)15(19)20/h11-13H,3-10H2,1-2H3,(H,19,20). The van der Waals surface area contributed by atoms with E-state index in [0.29, 0.717) is 6.42 Å². The first-order valence-electron chi connectivity index (χ1n) is 7.78. The van der Waals surface area contributed by atoms with Crippen molar-refractivity contribution >= 4 is 11.9 Å². The van der Waals surface area contributed by atoms with Gasteiger partial charge in [0.1, 0.15) is 6.04 Å². The van der Waals surface area contributed by atoms with Crippen LogP contribution in [-0.4, -0.2) is 58.0 Å². The summed E-state index contributed by atoms with van der Waals surface area (Å²) in [6.45, 7) is 5.17. The van der Waals surface area contributed by atoms with E-state index in [1.54, 1.807) is 0 Å². The zero-order valence-corrected chi connectivity index (χ0v) is 12.5. The molecule has 0 aliphatic carbocycles. The summed E-state index contributed by atoms with van der Waals surface area (Å²) < 4.78 is 0. The number of carbonyl (C=O) groups is 2. The van der Waals surface area contributed by atoms with Crippen molar-refractivity contribution in [2.75, 3.05) is 13.1 Å². The molecule has 2 saturated heterocycles. The predicted molar refractivity (Wildman–Crippen MR) is 76.5 cm³/mol. The number of hydrogen-bond donors (Lipinski definition) is 1. The molecule has 0 spiro atoms. The Labute approximate surface area is 120 Å². The minimum atomic E-state index is -0.794. The van der Waals surface area contributed by atoms with Crippen LogP contribution in [0.1, 0.15) is 52.4 Å². The fourth-order valence-corrected chi connectivity index (χ4v) is 3.63. The van der Waals surface area contributed by atoms with E-state index in [2.05, 4.69) is 13.8 Å². The van der Waals surface area contributed by atoms with Gasteiger partial charge in [-0.15, -0.1) is 0 Å². The molecule has 114 valence electrons. The summed E-state index contributed by atoms with van der Waals surface area (Å²) in [6, 6.07) is 0.0711. The minimum absolute atomic E-state index is 0.0952. The van der Waals surface area contributed by atoms with Crippen molar-refractivity contribution in [1.29, 1.82) is 0 Å². The molecule has 0 aromatic heterocycles. The summed E-state index contributed by atoms with van der Waals surface area (Å²) in [7, 11) is 0. The molecular formula is C15H26N2O3. The van der Waals surface area contributed by atoms with E-state index in [9.17, 15) is 14.7 Å². The first-order valence-corrected chi connectivity index (χ1v) is 7.78. The van der Waals surface area contributed by atoms with Gasteiger partial charge in [0.15, 0.2) is 0 Å². The third-order valence-corrected chi connectivity index (χ3v) is 4.72. The summed E-state index contributed by atoms with van der Waals surface area (Å²) >= 11 is 0. The van der Waals surface area contributed by atoms with Crippen molar-refractivity contribution < 1.29 is 14.7 Å². The molecule has 2 aliphatic rings. The third kappa shape index (κ3) is 3.32. The highest BCUT2D eigenvalue weighted by Crippen LogP contribution is 2.24. The minimum Gasteiger partial charge on any atom is -0.480 e. The second-order valence-corrected chi connectivity index (χ2v) is 6.25. The highest BCUT2D eigenvalue weighted by molar-refractivity contribution is 5.80. The van der Waals surface area contributed by atoms with Crippen molar-refractivity contribution in [1.82, 2.24) is 9.80 Å². The Kier molecular flexibility index (Phi) is 5.02. The Morgan fingerprint density at radius 2 is 1.70 bits per heavy atom. The molecule has 2 heterocycles. The highest BCUT2D eigenvalue weighted by atomic mass is 16.4.